The first-order valence-electron chi connectivity index (χ1n) is 16.9. The largest absolute Gasteiger partial charge is 0.310 e. The van der Waals surface area contributed by atoms with E-state index in [0.717, 1.165) is 39.1 Å². The molecule has 0 aliphatic rings. The second-order valence-electron chi connectivity index (χ2n) is 12.4. The molecule has 0 saturated heterocycles. The normalized spacial score (nSPS) is 11.5. The minimum Gasteiger partial charge on any atom is -0.310 e. The summed E-state index contributed by atoms with van der Waals surface area (Å²) in [6.45, 7) is 0. The van der Waals surface area contributed by atoms with Crippen molar-refractivity contribution in [2.24, 2.45) is 0 Å². The zero-order chi connectivity index (χ0) is 33.7. The van der Waals surface area contributed by atoms with Crippen molar-refractivity contribution in [1.82, 2.24) is 15.0 Å². The van der Waals surface area contributed by atoms with Gasteiger partial charge in [0.25, 0.3) is 0 Å². The Labute approximate surface area is 302 Å². The van der Waals surface area contributed by atoms with Gasteiger partial charge in [0.05, 0.1) is 0 Å². The van der Waals surface area contributed by atoms with E-state index in [0.29, 0.717) is 17.5 Å². The first kappa shape index (κ1) is 29.7. The fourth-order valence-electron chi connectivity index (χ4n) is 6.95. The van der Waals surface area contributed by atoms with Crippen LogP contribution in [-0.4, -0.2) is 15.0 Å². The lowest BCUT2D eigenvalue weighted by atomic mass is 10.0. The van der Waals surface area contributed by atoms with Crippen LogP contribution in [0.1, 0.15) is 0 Å². The number of hydrogen-bond donors (Lipinski definition) is 0. The predicted molar refractivity (Wildman–Crippen MR) is 217 cm³/mol. The number of aromatic nitrogens is 3. The molecular formula is C45H28N4S2. The molecule has 10 rings (SSSR count). The fraction of sp³-hybridized carbons (Fsp3) is 0. The zero-order valence-electron chi connectivity index (χ0n) is 27.3. The number of anilines is 3. The topological polar surface area (TPSA) is 41.9 Å². The lowest BCUT2D eigenvalue weighted by Crippen LogP contribution is -2.09. The Balaban J connectivity index is 1.18. The molecule has 6 heteroatoms. The zero-order valence-corrected chi connectivity index (χ0v) is 28.9. The molecular weight excluding hydrogens is 661 g/mol. The predicted octanol–water partition coefficient (Wildman–Crippen LogP) is 13.1. The quantitative estimate of drug-likeness (QED) is 0.174. The minimum absolute atomic E-state index is 0.656. The lowest BCUT2D eigenvalue weighted by Gasteiger charge is -2.25. The van der Waals surface area contributed by atoms with E-state index in [1.54, 1.807) is 11.3 Å². The van der Waals surface area contributed by atoms with E-state index in [9.17, 15) is 0 Å². The van der Waals surface area contributed by atoms with Gasteiger partial charge in [-0.1, -0.05) is 109 Å². The van der Waals surface area contributed by atoms with Crippen LogP contribution in [0.3, 0.4) is 0 Å². The summed E-state index contributed by atoms with van der Waals surface area (Å²) in [5.41, 5.74) is 6.22. The van der Waals surface area contributed by atoms with Gasteiger partial charge in [0, 0.05) is 74.1 Å². The number of rotatable bonds is 6. The molecule has 0 unspecified atom stereocenters. The smallest absolute Gasteiger partial charge is 0.164 e. The summed E-state index contributed by atoms with van der Waals surface area (Å²) in [5, 5.41) is 4.89. The summed E-state index contributed by atoms with van der Waals surface area (Å²) >= 11 is 3.64. The van der Waals surface area contributed by atoms with Crippen LogP contribution in [0.15, 0.2) is 170 Å². The molecule has 4 nitrogen and oxygen atoms in total. The van der Waals surface area contributed by atoms with Gasteiger partial charge < -0.3 is 4.90 Å². The van der Waals surface area contributed by atoms with Crippen LogP contribution in [0.4, 0.5) is 17.1 Å². The first-order chi connectivity index (χ1) is 25.3. The molecule has 0 aliphatic carbocycles. The van der Waals surface area contributed by atoms with Crippen LogP contribution in [0.25, 0.3) is 74.5 Å². The highest BCUT2D eigenvalue weighted by atomic mass is 32.1. The summed E-state index contributed by atoms with van der Waals surface area (Å²) in [6.07, 6.45) is 0. The van der Waals surface area contributed by atoms with Crippen LogP contribution >= 0.6 is 22.7 Å². The van der Waals surface area contributed by atoms with Crippen molar-refractivity contribution in [2.75, 3.05) is 4.90 Å². The number of fused-ring (bicyclic) bond motifs is 6. The third-order valence-electron chi connectivity index (χ3n) is 9.31. The van der Waals surface area contributed by atoms with Crippen molar-refractivity contribution in [1.29, 1.82) is 0 Å². The van der Waals surface area contributed by atoms with E-state index in [4.69, 9.17) is 15.0 Å². The van der Waals surface area contributed by atoms with Crippen molar-refractivity contribution in [2.45, 2.75) is 0 Å². The maximum atomic E-state index is 5.11. The number of para-hydroxylation sites is 1. The average molecular weight is 689 g/mol. The number of hydrogen-bond acceptors (Lipinski definition) is 6. The molecule has 0 atom stereocenters. The molecule has 240 valence electrons. The Kier molecular flexibility index (Phi) is 7.15. The molecule has 0 fully saturated rings. The van der Waals surface area contributed by atoms with Crippen molar-refractivity contribution in [3.05, 3.63) is 170 Å². The van der Waals surface area contributed by atoms with Crippen molar-refractivity contribution < 1.29 is 0 Å². The number of thiophene rings is 2. The number of nitrogens with zero attached hydrogens (tertiary/aromatic N) is 4. The molecule has 0 aliphatic heterocycles. The van der Waals surface area contributed by atoms with E-state index in [1.165, 1.54) is 35.0 Å². The molecule has 3 heterocycles. The van der Waals surface area contributed by atoms with Gasteiger partial charge in [-0.05, 0) is 60.7 Å². The highest BCUT2D eigenvalue weighted by Gasteiger charge is 2.20. The first-order valence-corrected chi connectivity index (χ1v) is 18.5. The van der Waals surface area contributed by atoms with Crippen molar-refractivity contribution in [3.63, 3.8) is 0 Å². The molecule has 0 saturated carbocycles. The molecule has 0 amide bonds. The standard InChI is InChI=1S/C45H28N4S2/c1-4-13-29(14-5-1)43-46-44(30-15-6-2-7-16-30)48-45(47-43)35-20-12-22-41-42(35)37-28-33(24-26-40(37)51-41)49(31-17-8-3-9-18-31)32-23-25-39-36(27-32)34-19-10-11-21-38(34)50-39/h1-28H. The molecule has 3 aromatic heterocycles. The molecule has 0 bridgehead atoms. The molecule has 0 N–H and O–H groups in total. The van der Waals surface area contributed by atoms with Crippen LogP contribution < -0.4 is 4.90 Å². The molecule has 0 spiro atoms. The van der Waals surface area contributed by atoms with Gasteiger partial charge in [-0.15, -0.1) is 22.7 Å². The Bertz CT molecular complexity index is 2810. The van der Waals surface area contributed by atoms with E-state index in [2.05, 4.69) is 138 Å². The Morgan fingerprint density at radius 3 is 1.55 bits per heavy atom. The number of benzene rings is 7. The van der Waals surface area contributed by atoms with Gasteiger partial charge in [-0.3, -0.25) is 0 Å². The van der Waals surface area contributed by atoms with E-state index < -0.39 is 0 Å². The van der Waals surface area contributed by atoms with E-state index in [-0.39, 0.29) is 0 Å². The fourth-order valence-corrected chi connectivity index (χ4v) is 9.15. The van der Waals surface area contributed by atoms with Crippen LogP contribution in [0, 0.1) is 0 Å². The molecule has 7 aromatic carbocycles. The third kappa shape index (κ3) is 5.24. The summed E-state index contributed by atoms with van der Waals surface area (Å²) in [5.74, 6) is 1.97. The second kappa shape index (κ2) is 12.3. The van der Waals surface area contributed by atoms with Gasteiger partial charge in [0.1, 0.15) is 0 Å². The summed E-state index contributed by atoms with van der Waals surface area (Å²) in [4.78, 5) is 17.5. The molecule has 0 radical (unpaired) electrons. The summed E-state index contributed by atoms with van der Waals surface area (Å²) in [6, 6.07) is 59.7. The highest BCUT2D eigenvalue weighted by Crippen LogP contribution is 2.45. The second-order valence-corrected chi connectivity index (χ2v) is 14.6. The summed E-state index contributed by atoms with van der Waals surface area (Å²) < 4.78 is 5.01. The van der Waals surface area contributed by atoms with E-state index in [1.807, 2.05) is 47.7 Å². The average Bonchev–Trinajstić information content (AvgIpc) is 3.77. The Morgan fingerprint density at radius 1 is 0.353 bits per heavy atom. The van der Waals surface area contributed by atoms with Gasteiger partial charge in [0.15, 0.2) is 17.5 Å². The highest BCUT2D eigenvalue weighted by molar-refractivity contribution is 7.26. The van der Waals surface area contributed by atoms with Gasteiger partial charge >= 0.3 is 0 Å². The minimum atomic E-state index is 0.656. The SMILES string of the molecule is c1ccc(-c2nc(-c3ccccc3)nc(-c3cccc4sc5ccc(N(c6ccccc6)c6ccc7sc8ccccc8c7c6)cc5c34)n2)cc1. The van der Waals surface area contributed by atoms with Crippen LogP contribution in [0.5, 0.6) is 0 Å². The maximum Gasteiger partial charge on any atom is 0.164 e. The Hall–Kier alpha value is -6.21. The van der Waals surface area contributed by atoms with Crippen molar-refractivity contribution in [3.8, 4) is 34.2 Å². The maximum absolute atomic E-state index is 5.11. The molecule has 10 aromatic rings. The molecule has 51 heavy (non-hydrogen) atoms. The van der Waals surface area contributed by atoms with Gasteiger partial charge in [-0.25, -0.2) is 15.0 Å². The monoisotopic (exact) mass is 688 g/mol. The van der Waals surface area contributed by atoms with Crippen LogP contribution in [-0.2, 0) is 0 Å². The summed E-state index contributed by atoms with van der Waals surface area (Å²) in [7, 11) is 0. The lowest BCUT2D eigenvalue weighted by molar-refractivity contribution is 1.08. The van der Waals surface area contributed by atoms with Gasteiger partial charge in [-0.2, -0.15) is 0 Å². The van der Waals surface area contributed by atoms with Gasteiger partial charge in [0.2, 0.25) is 0 Å². The van der Waals surface area contributed by atoms with Crippen LogP contribution in [0.2, 0.25) is 0 Å². The van der Waals surface area contributed by atoms with E-state index >= 15 is 0 Å². The Morgan fingerprint density at radius 2 is 0.863 bits per heavy atom. The van der Waals surface area contributed by atoms with Crippen molar-refractivity contribution >= 4 is 80.1 Å². The third-order valence-corrected chi connectivity index (χ3v) is 11.6.